The molecule has 3 aliphatic carbocycles. The first-order valence-corrected chi connectivity index (χ1v) is 12.1. The maximum absolute atomic E-state index is 13.9. The Morgan fingerprint density at radius 2 is 1.42 bits per heavy atom. The second-order valence-corrected chi connectivity index (χ2v) is 9.80. The number of hydrogen-bond donors (Lipinski definition) is 0. The van der Waals surface area contributed by atoms with Crippen molar-refractivity contribution in [2.75, 3.05) is 27.4 Å². The number of allylic oxidation sites excluding steroid dienone is 2. The number of ether oxygens (including phenoxy) is 2. The monoisotopic (exact) mass is 446 g/mol. The summed E-state index contributed by atoms with van der Waals surface area (Å²) in [5.41, 5.74) is 2.55. The van der Waals surface area contributed by atoms with E-state index in [0.29, 0.717) is 22.9 Å². The third kappa shape index (κ3) is 3.22. The largest absolute Gasteiger partial charge is 0.466 e. The summed E-state index contributed by atoms with van der Waals surface area (Å²) in [7, 11) is -0.963. The van der Waals surface area contributed by atoms with E-state index < -0.39 is 19.5 Å². The van der Waals surface area contributed by atoms with Crippen LogP contribution >= 0.6 is 7.60 Å². The smallest absolute Gasteiger partial charge is 0.357 e. The highest BCUT2D eigenvalue weighted by molar-refractivity contribution is 7.59. The third-order valence-electron chi connectivity index (χ3n) is 6.51. The molecule has 8 heteroatoms. The molecule has 31 heavy (non-hydrogen) atoms. The lowest BCUT2D eigenvalue weighted by molar-refractivity contribution is -0.140. The zero-order chi connectivity index (χ0) is 22.3. The van der Waals surface area contributed by atoms with E-state index in [4.69, 9.17) is 18.5 Å². The minimum atomic E-state index is -3.57. The highest BCUT2D eigenvalue weighted by atomic mass is 31.2. The number of rotatable bonds is 8. The van der Waals surface area contributed by atoms with Gasteiger partial charge in [-0.1, -0.05) is 30.3 Å². The van der Waals surface area contributed by atoms with Crippen LogP contribution in [-0.2, 0) is 32.7 Å². The lowest BCUT2D eigenvalue weighted by atomic mass is 9.63. The van der Waals surface area contributed by atoms with Gasteiger partial charge in [0.2, 0.25) is 0 Å². The Morgan fingerprint density at radius 1 is 0.903 bits per heavy atom. The number of hydrogen-bond acceptors (Lipinski definition) is 7. The standard InChI is InChI=1S/C23H27O7P/c1-5-29-31(26,30-6-2)21-16(13-10-8-7-9-11-13)17-14-12-15(18(17)21)20(23(25)28-4)19(14)22(24)27-3/h7-11,14-15,17-18H,5-6,12H2,1-4H3/t14-,15+,17-,18-/m1/s1. The second kappa shape index (κ2) is 8.38. The lowest BCUT2D eigenvalue weighted by Gasteiger charge is -2.46. The number of esters is 2. The maximum atomic E-state index is 13.9. The molecule has 4 rings (SSSR count). The molecule has 0 amide bonds. The molecule has 4 atom stereocenters. The SMILES string of the molecule is CCOP(=O)(OCC)C1=C(c2ccccc2)[C@@H]2[C@H]1[C@@H]1C[C@H]2C(C(=O)OC)=C1C(=O)OC. The van der Waals surface area contributed by atoms with Crippen molar-refractivity contribution in [2.45, 2.75) is 20.3 Å². The van der Waals surface area contributed by atoms with Crippen LogP contribution in [-0.4, -0.2) is 39.4 Å². The molecule has 0 radical (unpaired) electrons. The Hall–Kier alpha value is -2.21. The van der Waals surface area contributed by atoms with Crippen LogP contribution in [0.15, 0.2) is 46.8 Å². The Balaban J connectivity index is 1.89. The molecule has 0 aliphatic heterocycles. The molecular weight excluding hydrogens is 419 g/mol. The van der Waals surface area contributed by atoms with Gasteiger partial charge in [0.15, 0.2) is 0 Å². The van der Waals surface area contributed by atoms with Crippen LogP contribution in [0.2, 0.25) is 0 Å². The van der Waals surface area contributed by atoms with Gasteiger partial charge >= 0.3 is 19.5 Å². The Bertz CT molecular complexity index is 1000. The van der Waals surface area contributed by atoms with Gasteiger partial charge in [0.05, 0.1) is 43.9 Å². The van der Waals surface area contributed by atoms with Gasteiger partial charge < -0.3 is 18.5 Å². The van der Waals surface area contributed by atoms with Crippen LogP contribution in [0.25, 0.3) is 5.57 Å². The van der Waals surface area contributed by atoms with Gasteiger partial charge in [-0.3, -0.25) is 4.57 Å². The second-order valence-electron chi connectivity index (χ2n) is 7.81. The summed E-state index contributed by atoms with van der Waals surface area (Å²) in [4.78, 5) is 25.3. The Kier molecular flexibility index (Phi) is 5.95. The molecule has 1 aromatic carbocycles. The third-order valence-corrected chi connectivity index (χ3v) is 8.83. The summed E-state index contributed by atoms with van der Waals surface area (Å²) in [6, 6.07) is 9.68. The molecular formula is C23H27O7P. The van der Waals surface area contributed by atoms with Crippen molar-refractivity contribution in [1.29, 1.82) is 0 Å². The fourth-order valence-electron chi connectivity index (χ4n) is 5.60. The normalized spacial score (nSPS) is 26.6. The summed E-state index contributed by atoms with van der Waals surface area (Å²) in [5, 5.41) is 0.630. The highest BCUT2D eigenvalue weighted by Crippen LogP contribution is 2.77. The van der Waals surface area contributed by atoms with E-state index in [1.165, 1.54) is 14.2 Å². The van der Waals surface area contributed by atoms with Gasteiger partial charge in [0.25, 0.3) is 0 Å². The van der Waals surface area contributed by atoms with Gasteiger partial charge in [-0.25, -0.2) is 9.59 Å². The van der Waals surface area contributed by atoms with Crippen molar-refractivity contribution in [3.8, 4) is 0 Å². The van der Waals surface area contributed by atoms with Crippen LogP contribution in [0.1, 0.15) is 25.8 Å². The first-order chi connectivity index (χ1) is 14.9. The minimum absolute atomic E-state index is 0.0563. The molecule has 0 aromatic heterocycles. The summed E-state index contributed by atoms with van der Waals surface area (Å²) < 4.78 is 35.3. The molecule has 2 bridgehead atoms. The Morgan fingerprint density at radius 3 is 1.90 bits per heavy atom. The molecule has 1 fully saturated rings. The van der Waals surface area contributed by atoms with E-state index in [0.717, 1.165) is 11.1 Å². The molecule has 3 aliphatic rings. The fourth-order valence-corrected chi connectivity index (χ4v) is 7.92. The molecule has 0 saturated heterocycles. The first-order valence-electron chi connectivity index (χ1n) is 10.5. The molecule has 0 heterocycles. The van der Waals surface area contributed by atoms with Crippen molar-refractivity contribution in [1.82, 2.24) is 0 Å². The molecule has 0 N–H and O–H groups in total. The quantitative estimate of drug-likeness (QED) is 0.437. The maximum Gasteiger partial charge on any atom is 0.357 e. The summed E-state index contributed by atoms with van der Waals surface area (Å²) >= 11 is 0. The number of carbonyl (C=O) groups is 2. The van der Waals surface area contributed by atoms with E-state index in [1.807, 2.05) is 30.3 Å². The number of fused-ring (bicyclic) bond motifs is 5. The van der Waals surface area contributed by atoms with Crippen LogP contribution in [0.3, 0.4) is 0 Å². The van der Waals surface area contributed by atoms with Crippen molar-refractivity contribution in [2.24, 2.45) is 23.7 Å². The lowest BCUT2D eigenvalue weighted by Crippen LogP contribution is -2.39. The number of benzene rings is 1. The zero-order valence-electron chi connectivity index (χ0n) is 18.1. The minimum Gasteiger partial charge on any atom is -0.466 e. The molecule has 1 aromatic rings. The Labute approximate surface area is 181 Å². The number of carbonyl (C=O) groups excluding carboxylic acids is 2. The van der Waals surface area contributed by atoms with Crippen molar-refractivity contribution in [3.05, 3.63) is 52.4 Å². The summed E-state index contributed by atoms with van der Waals surface area (Å²) in [5.74, 6) is -1.79. The van der Waals surface area contributed by atoms with Crippen LogP contribution < -0.4 is 0 Å². The van der Waals surface area contributed by atoms with E-state index >= 15 is 0 Å². The summed E-state index contributed by atoms with van der Waals surface area (Å²) in [6.45, 7) is 4.03. The molecule has 166 valence electrons. The first kappa shape index (κ1) is 22.0. The average molecular weight is 446 g/mol. The van der Waals surface area contributed by atoms with Crippen LogP contribution in [0.5, 0.6) is 0 Å². The van der Waals surface area contributed by atoms with Crippen molar-refractivity contribution < 1.29 is 32.7 Å². The predicted molar refractivity (Wildman–Crippen MR) is 114 cm³/mol. The van der Waals surface area contributed by atoms with Crippen LogP contribution in [0.4, 0.5) is 0 Å². The topological polar surface area (TPSA) is 88.1 Å². The molecule has 7 nitrogen and oxygen atoms in total. The van der Waals surface area contributed by atoms with Gasteiger partial charge in [0.1, 0.15) is 0 Å². The van der Waals surface area contributed by atoms with Crippen LogP contribution in [0, 0.1) is 23.7 Å². The van der Waals surface area contributed by atoms with E-state index in [1.54, 1.807) is 13.8 Å². The van der Waals surface area contributed by atoms with Gasteiger partial charge in [0, 0.05) is 11.8 Å². The van der Waals surface area contributed by atoms with Crippen molar-refractivity contribution >= 4 is 25.1 Å². The van der Waals surface area contributed by atoms with E-state index in [9.17, 15) is 14.2 Å². The fraction of sp³-hybridized carbons (Fsp3) is 0.478. The average Bonchev–Trinajstić information content (AvgIpc) is 3.25. The van der Waals surface area contributed by atoms with Gasteiger partial charge in [-0.15, -0.1) is 0 Å². The molecule has 0 unspecified atom stereocenters. The summed E-state index contributed by atoms with van der Waals surface area (Å²) in [6.07, 6.45) is 0.599. The van der Waals surface area contributed by atoms with Gasteiger partial charge in [-0.05, 0) is 43.2 Å². The predicted octanol–water partition coefficient (Wildman–Crippen LogP) is 4.20. The molecule has 0 spiro atoms. The molecule has 1 saturated carbocycles. The highest BCUT2D eigenvalue weighted by Gasteiger charge is 2.66. The number of methoxy groups -OCH3 is 2. The van der Waals surface area contributed by atoms with Gasteiger partial charge in [-0.2, -0.15) is 0 Å². The van der Waals surface area contributed by atoms with Crippen molar-refractivity contribution in [3.63, 3.8) is 0 Å². The van der Waals surface area contributed by atoms with E-state index in [2.05, 4.69) is 0 Å². The van der Waals surface area contributed by atoms with E-state index in [-0.39, 0.29) is 36.9 Å². The zero-order valence-corrected chi connectivity index (χ0v) is 19.0.